The van der Waals surface area contributed by atoms with E-state index in [4.69, 9.17) is 4.74 Å². The minimum atomic E-state index is -2.66. The molecule has 11 heteroatoms. The van der Waals surface area contributed by atoms with E-state index < -0.39 is 12.5 Å². The zero-order chi connectivity index (χ0) is 27.5. The van der Waals surface area contributed by atoms with Crippen molar-refractivity contribution in [3.63, 3.8) is 0 Å². The number of aryl methyl sites for hydroxylation is 1. The number of aromatic nitrogens is 3. The van der Waals surface area contributed by atoms with Gasteiger partial charge in [0.05, 0.1) is 23.7 Å². The summed E-state index contributed by atoms with van der Waals surface area (Å²) in [5.74, 6) is 0.245. The van der Waals surface area contributed by atoms with E-state index in [9.17, 15) is 23.5 Å². The summed E-state index contributed by atoms with van der Waals surface area (Å²) in [5, 5.41) is 12.9. The smallest absolute Gasteiger partial charge is 0.263 e. The van der Waals surface area contributed by atoms with Crippen LogP contribution in [0.1, 0.15) is 60.6 Å². The first-order valence-electron chi connectivity index (χ1n) is 13.3. The second-order valence-corrected chi connectivity index (χ2v) is 11.2. The zero-order valence-corrected chi connectivity index (χ0v) is 21.8. The second kappa shape index (κ2) is 9.55. The lowest BCUT2D eigenvalue weighted by molar-refractivity contribution is -0.138. The summed E-state index contributed by atoms with van der Waals surface area (Å²) >= 11 is 0. The van der Waals surface area contributed by atoms with Crippen LogP contribution in [-0.4, -0.2) is 68.6 Å². The fourth-order valence-electron chi connectivity index (χ4n) is 5.59. The van der Waals surface area contributed by atoms with E-state index in [2.05, 4.69) is 20.3 Å². The van der Waals surface area contributed by atoms with Crippen LogP contribution >= 0.6 is 0 Å². The highest BCUT2D eigenvalue weighted by atomic mass is 19.3. The first-order valence-corrected chi connectivity index (χ1v) is 13.3. The number of amides is 2. The van der Waals surface area contributed by atoms with Crippen LogP contribution in [0.3, 0.4) is 0 Å². The largest absolute Gasteiger partial charge is 0.493 e. The third-order valence-corrected chi connectivity index (χ3v) is 8.20. The van der Waals surface area contributed by atoms with Crippen LogP contribution in [-0.2, 0) is 4.79 Å². The predicted molar refractivity (Wildman–Crippen MR) is 138 cm³/mol. The summed E-state index contributed by atoms with van der Waals surface area (Å²) < 4.78 is 33.2. The number of nitrogens with one attached hydrogen (secondary N) is 2. The predicted octanol–water partition coefficient (Wildman–Crippen LogP) is 3.76. The molecule has 1 saturated heterocycles. The fourth-order valence-corrected chi connectivity index (χ4v) is 5.59. The quantitative estimate of drug-likeness (QED) is 0.401. The number of aliphatic hydroxyl groups excluding tert-OH is 1. The zero-order valence-electron chi connectivity index (χ0n) is 21.8. The Hall–Kier alpha value is -3.60. The van der Waals surface area contributed by atoms with Gasteiger partial charge in [-0.1, -0.05) is 0 Å². The monoisotopic (exact) mass is 539 g/mol. The number of H-pyrrole nitrogens is 1. The van der Waals surface area contributed by atoms with Crippen molar-refractivity contribution >= 4 is 22.8 Å². The number of aromatic amines is 1. The second-order valence-electron chi connectivity index (χ2n) is 11.2. The maximum atomic E-state index is 13.6. The summed E-state index contributed by atoms with van der Waals surface area (Å²) in [6, 6.07) is 4.04. The van der Waals surface area contributed by atoms with Crippen LogP contribution in [0, 0.1) is 18.3 Å². The van der Waals surface area contributed by atoms with Gasteiger partial charge in [0.25, 0.3) is 18.2 Å². The number of nitrogens with zero attached hydrogens (tertiary/aromatic N) is 3. The van der Waals surface area contributed by atoms with E-state index in [1.54, 1.807) is 17.9 Å². The third kappa shape index (κ3) is 4.73. The Kier molecular flexibility index (Phi) is 6.28. The molecule has 6 rings (SSSR count). The van der Waals surface area contributed by atoms with E-state index in [-0.39, 0.29) is 28.8 Å². The summed E-state index contributed by atoms with van der Waals surface area (Å²) in [4.78, 5) is 39.6. The summed E-state index contributed by atoms with van der Waals surface area (Å²) in [5.41, 5.74) is 2.21. The van der Waals surface area contributed by atoms with Crippen LogP contribution in [0.25, 0.3) is 22.3 Å². The maximum absolute atomic E-state index is 13.6. The van der Waals surface area contributed by atoms with Crippen molar-refractivity contribution in [2.75, 3.05) is 19.7 Å². The van der Waals surface area contributed by atoms with Gasteiger partial charge in [0.2, 0.25) is 0 Å². The van der Waals surface area contributed by atoms with Crippen molar-refractivity contribution in [1.82, 2.24) is 25.2 Å². The SMILES string of the molecule is Cc1[nH]c2c(-c3cc(C(F)F)ccc3OCC3CC3)ncnc2c1C(=O)NC1CN(C(=O)[C@H](C)O)CC12CC2. The Labute approximate surface area is 224 Å². The van der Waals surface area contributed by atoms with Crippen LogP contribution in [0.15, 0.2) is 24.5 Å². The fraction of sp³-hybridized carbons (Fsp3) is 0.500. The van der Waals surface area contributed by atoms with Gasteiger partial charge < -0.3 is 25.0 Å². The van der Waals surface area contributed by atoms with E-state index in [1.807, 2.05) is 0 Å². The van der Waals surface area contributed by atoms with Crippen molar-refractivity contribution < 1.29 is 28.2 Å². The number of alkyl halides is 2. The molecule has 1 aliphatic heterocycles. The Morgan fingerprint density at radius 3 is 2.72 bits per heavy atom. The summed E-state index contributed by atoms with van der Waals surface area (Å²) in [6.07, 6.45) is 1.53. The maximum Gasteiger partial charge on any atom is 0.263 e. The van der Waals surface area contributed by atoms with E-state index >= 15 is 0 Å². The number of carbonyl (C=O) groups excluding carboxylic acids is 2. The molecule has 0 bridgehead atoms. The Morgan fingerprint density at radius 1 is 1.28 bits per heavy atom. The molecule has 3 N–H and O–H groups in total. The molecule has 3 fully saturated rings. The number of aliphatic hydroxyl groups is 1. The molecule has 2 aromatic heterocycles. The van der Waals surface area contributed by atoms with Gasteiger partial charge in [0.1, 0.15) is 29.4 Å². The van der Waals surface area contributed by atoms with Crippen molar-refractivity contribution in [3.8, 4) is 17.0 Å². The average molecular weight is 540 g/mol. The highest BCUT2D eigenvalue weighted by Gasteiger charge is 2.56. The molecule has 1 unspecified atom stereocenters. The van der Waals surface area contributed by atoms with Gasteiger partial charge in [-0.15, -0.1) is 0 Å². The highest BCUT2D eigenvalue weighted by Crippen LogP contribution is 2.53. The molecule has 1 spiro atoms. The lowest BCUT2D eigenvalue weighted by Crippen LogP contribution is -2.42. The standard InChI is InChI=1S/C28H31F2N5O4/c1-14-21(26(37)34-20-10-35(27(38)15(2)36)12-28(20)7-8-28)23-24(33-14)22(31-13-32-23)18-9-17(25(29)30)5-6-19(18)39-11-16-3-4-16/h5-6,9,13,15-16,20,25,33,36H,3-4,7-8,10-12H2,1-2H3,(H,34,37)/t15-,20?/m0/s1. The molecule has 2 atom stereocenters. The molecule has 3 aromatic rings. The van der Waals surface area contributed by atoms with Crippen molar-refractivity contribution in [2.24, 2.45) is 11.3 Å². The van der Waals surface area contributed by atoms with Gasteiger partial charge in [0, 0.05) is 35.3 Å². The van der Waals surface area contributed by atoms with Gasteiger partial charge in [0.15, 0.2) is 0 Å². The van der Waals surface area contributed by atoms with Gasteiger partial charge in [-0.2, -0.15) is 0 Å². The molecule has 2 aliphatic carbocycles. The average Bonchev–Trinajstić information content (AvgIpc) is 3.81. The van der Waals surface area contributed by atoms with E-state index in [0.717, 1.165) is 25.7 Å². The topological polar surface area (TPSA) is 120 Å². The number of carbonyl (C=O) groups is 2. The number of fused-ring (bicyclic) bond motifs is 1. The van der Waals surface area contributed by atoms with Crippen molar-refractivity contribution in [3.05, 3.63) is 41.3 Å². The van der Waals surface area contributed by atoms with Gasteiger partial charge in [-0.05, 0) is 63.6 Å². The highest BCUT2D eigenvalue weighted by molar-refractivity contribution is 6.09. The molecule has 9 nitrogen and oxygen atoms in total. The Morgan fingerprint density at radius 2 is 2.05 bits per heavy atom. The molecule has 1 aromatic carbocycles. The van der Waals surface area contributed by atoms with Crippen LogP contribution in [0.5, 0.6) is 5.75 Å². The summed E-state index contributed by atoms with van der Waals surface area (Å²) in [6.45, 7) is 4.54. The summed E-state index contributed by atoms with van der Waals surface area (Å²) in [7, 11) is 0. The molecule has 2 amide bonds. The minimum absolute atomic E-state index is 0.149. The lowest BCUT2D eigenvalue weighted by Gasteiger charge is -2.19. The molecule has 3 heterocycles. The molecule has 206 valence electrons. The van der Waals surface area contributed by atoms with Crippen LogP contribution < -0.4 is 10.1 Å². The van der Waals surface area contributed by atoms with Gasteiger partial charge >= 0.3 is 0 Å². The van der Waals surface area contributed by atoms with Crippen LogP contribution in [0.4, 0.5) is 8.78 Å². The number of likely N-dealkylation sites (tertiary alicyclic amines) is 1. The Balaban J connectivity index is 1.33. The number of ether oxygens (including phenoxy) is 1. The first-order chi connectivity index (χ1) is 18.7. The molecule has 39 heavy (non-hydrogen) atoms. The molecule has 0 radical (unpaired) electrons. The normalized spacial score (nSPS) is 20.6. The number of benzene rings is 1. The lowest BCUT2D eigenvalue weighted by atomic mass is 10.00. The minimum Gasteiger partial charge on any atom is -0.493 e. The van der Waals surface area contributed by atoms with Gasteiger partial charge in [-0.3, -0.25) is 9.59 Å². The number of halogens is 2. The third-order valence-electron chi connectivity index (χ3n) is 8.20. The van der Waals surface area contributed by atoms with Gasteiger partial charge in [-0.25, -0.2) is 18.7 Å². The molecular formula is C28H31F2N5O4. The molecule has 3 aliphatic rings. The number of hydrogen-bond donors (Lipinski definition) is 3. The van der Waals surface area contributed by atoms with Crippen LogP contribution in [0.2, 0.25) is 0 Å². The molecular weight excluding hydrogens is 508 g/mol. The van der Waals surface area contributed by atoms with E-state index in [1.165, 1.54) is 25.4 Å². The van der Waals surface area contributed by atoms with Crippen molar-refractivity contribution in [1.29, 1.82) is 0 Å². The Bertz CT molecular complexity index is 1450. The molecule has 2 saturated carbocycles. The number of hydrogen-bond acceptors (Lipinski definition) is 6. The number of rotatable bonds is 8. The van der Waals surface area contributed by atoms with E-state index in [0.29, 0.717) is 64.9 Å². The first kappa shape index (κ1) is 25.7. The van der Waals surface area contributed by atoms with Crippen molar-refractivity contribution in [2.45, 2.75) is 58.1 Å².